The number of methoxy groups -OCH3 is 1. The van der Waals surface area contributed by atoms with Gasteiger partial charge in [0.15, 0.2) is 11.5 Å². The molecule has 0 saturated heterocycles. The molecule has 0 saturated carbocycles. The van der Waals surface area contributed by atoms with Gasteiger partial charge in [-0.2, -0.15) is 13.2 Å². The van der Waals surface area contributed by atoms with Gasteiger partial charge >= 0.3 is 12.1 Å². The van der Waals surface area contributed by atoms with Crippen molar-refractivity contribution < 1.29 is 32.6 Å². The van der Waals surface area contributed by atoms with Crippen molar-refractivity contribution in [3.63, 3.8) is 0 Å². The van der Waals surface area contributed by atoms with Crippen LogP contribution in [0.3, 0.4) is 0 Å². The average molecular weight is 528 g/mol. The molecule has 1 heterocycles. The third-order valence-electron chi connectivity index (χ3n) is 6.00. The Kier molecular flexibility index (Phi) is 9.11. The second-order valence-electron chi connectivity index (χ2n) is 8.48. The second-order valence-corrected chi connectivity index (χ2v) is 8.48. The van der Waals surface area contributed by atoms with Crippen molar-refractivity contribution in [2.24, 2.45) is 10.7 Å². The summed E-state index contributed by atoms with van der Waals surface area (Å²) in [6.45, 7) is 0.547. The summed E-state index contributed by atoms with van der Waals surface area (Å²) in [4.78, 5) is 29.0. The first-order chi connectivity index (χ1) is 18.1. The van der Waals surface area contributed by atoms with Crippen LogP contribution in [0.2, 0.25) is 0 Å². The molecule has 3 aromatic carbocycles. The van der Waals surface area contributed by atoms with Gasteiger partial charge in [-0.25, -0.2) is 9.79 Å². The number of nitrogens with zero attached hydrogens (tertiary/aromatic N) is 2. The van der Waals surface area contributed by atoms with Gasteiger partial charge in [0.2, 0.25) is 0 Å². The van der Waals surface area contributed by atoms with Gasteiger partial charge in [0.05, 0.1) is 7.11 Å². The maximum Gasteiger partial charge on any atom is 0.490 e. The molecule has 0 bridgehead atoms. The highest BCUT2D eigenvalue weighted by Crippen LogP contribution is 2.39. The molecule has 7 nitrogen and oxygen atoms in total. The number of hydrogen-bond donors (Lipinski definition) is 2. The fourth-order valence-corrected chi connectivity index (χ4v) is 4.09. The van der Waals surface area contributed by atoms with Crippen LogP contribution in [0.5, 0.6) is 5.75 Å². The van der Waals surface area contributed by atoms with E-state index >= 15 is 0 Å². The van der Waals surface area contributed by atoms with Gasteiger partial charge in [-0.05, 0) is 48.1 Å². The number of carbonyl (C=O) groups excluding carboxylic acids is 1. The molecular weight excluding hydrogens is 499 g/mol. The van der Waals surface area contributed by atoms with Crippen molar-refractivity contribution in [3.8, 4) is 5.75 Å². The van der Waals surface area contributed by atoms with E-state index < -0.39 is 17.7 Å². The third kappa shape index (κ3) is 6.50. The molecule has 4 rings (SSSR count). The van der Waals surface area contributed by atoms with Gasteiger partial charge in [-0.15, -0.1) is 0 Å². The Morgan fingerprint density at radius 1 is 0.947 bits per heavy atom. The number of nitrogens with two attached hydrogens (primary N) is 1. The Labute approximate surface area is 218 Å². The van der Waals surface area contributed by atoms with Gasteiger partial charge < -0.3 is 15.6 Å². The van der Waals surface area contributed by atoms with E-state index in [2.05, 4.69) is 12.1 Å². The number of carbonyl (C=O) groups is 2. The lowest BCUT2D eigenvalue weighted by atomic mass is 9.83. The molecule has 200 valence electrons. The van der Waals surface area contributed by atoms with Gasteiger partial charge in [-0.3, -0.25) is 9.69 Å². The quantitative estimate of drug-likeness (QED) is 0.412. The molecule has 0 spiro atoms. The number of hydrogen-bond acceptors (Lipinski definition) is 5. The Bertz CT molecular complexity index is 1210. The van der Waals surface area contributed by atoms with E-state index in [-0.39, 0.29) is 11.9 Å². The van der Waals surface area contributed by atoms with Crippen molar-refractivity contribution >= 4 is 17.8 Å². The maximum absolute atomic E-state index is 13.7. The van der Waals surface area contributed by atoms with Crippen LogP contribution in [-0.4, -0.2) is 47.7 Å². The number of amides is 1. The van der Waals surface area contributed by atoms with E-state index in [1.165, 1.54) is 5.56 Å². The van der Waals surface area contributed by atoms with Gasteiger partial charge in [0, 0.05) is 6.54 Å². The molecular formula is C28H28F3N3O4. The summed E-state index contributed by atoms with van der Waals surface area (Å²) >= 11 is 0. The largest absolute Gasteiger partial charge is 0.497 e. The zero-order chi connectivity index (χ0) is 27.8. The monoisotopic (exact) mass is 527 g/mol. The molecule has 3 aromatic rings. The minimum Gasteiger partial charge on any atom is -0.497 e. The van der Waals surface area contributed by atoms with Crippen molar-refractivity contribution in [1.82, 2.24) is 4.90 Å². The summed E-state index contributed by atoms with van der Waals surface area (Å²) in [6, 6.07) is 27.4. The minimum absolute atomic E-state index is 0.0909. The number of halogens is 3. The number of aliphatic carboxylic acids is 1. The lowest BCUT2D eigenvalue weighted by Gasteiger charge is -2.27. The zero-order valence-electron chi connectivity index (χ0n) is 20.7. The first-order valence-corrected chi connectivity index (χ1v) is 11.8. The highest BCUT2D eigenvalue weighted by molar-refractivity contribution is 6.09. The number of rotatable bonds is 8. The number of guanidine groups is 1. The molecule has 3 N–H and O–H groups in total. The first kappa shape index (κ1) is 28.2. The molecule has 0 fully saturated rings. The Morgan fingerprint density at radius 2 is 1.45 bits per heavy atom. The maximum atomic E-state index is 13.7. The number of unbranched alkanes of at least 4 members (excludes halogenated alkanes) is 1. The fourth-order valence-electron chi connectivity index (χ4n) is 4.09. The highest BCUT2D eigenvalue weighted by Gasteiger charge is 2.50. The smallest absolute Gasteiger partial charge is 0.490 e. The second kappa shape index (κ2) is 12.3. The summed E-state index contributed by atoms with van der Waals surface area (Å²) in [6.07, 6.45) is -2.35. The van der Waals surface area contributed by atoms with Crippen LogP contribution in [0.15, 0.2) is 89.9 Å². The van der Waals surface area contributed by atoms with Gasteiger partial charge in [0.1, 0.15) is 5.75 Å². The van der Waals surface area contributed by atoms with E-state index in [9.17, 15) is 18.0 Å². The average Bonchev–Trinajstić information content (AvgIpc) is 3.18. The first-order valence-electron chi connectivity index (χ1n) is 11.8. The van der Waals surface area contributed by atoms with Crippen molar-refractivity contribution in [1.29, 1.82) is 0 Å². The number of aliphatic imine (C=N–C) groups is 1. The van der Waals surface area contributed by atoms with Crippen LogP contribution in [0.1, 0.15) is 29.5 Å². The van der Waals surface area contributed by atoms with E-state index in [1.807, 2.05) is 72.8 Å². The van der Waals surface area contributed by atoms with Crippen LogP contribution in [0.4, 0.5) is 13.2 Å². The molecule has 10 heteroatoms. The van der Waals surface area contributed by atoms with Crippen LogP contribution in [0.25, 0.3) is 0 Å². The van der Waals surface area contributed by atoms with Crippen molar-refractivity contribution in [2.75, 3.05) is 13.7 Å². The van der Waals surface area contributed by atoms with Crippen LogP contribution < -0.4 is 10.5 Å². The summed E-state index contributed by atoms with van der Waals surface area (Å²) in [5.41, 5.74) is 8.07. The SMILES string of the molecule is COc1ccc(CCCCN2C(=O)C(c3ccccc3)(c3ccccc3)N=C2N)cc1.O=C(O)C(F)(F)F. The van der Waals surface area contributed by atoms with E-state index in [1.54, 1.807) is 12.0 Å². The Hall–Kier alpha value is -4.34. The molecule has 0 aromatic heterocycles. The van der Waals surface area contributed by atoms with Crippen LogP contribution in [0, 0.1) is 0 Å². The van der Waals surface area contributed by atoms with E-state index in [0.717, 1.165) is 36.1 Å². The van der Waals surface area contributed by atoms with Crippen LogP contribution >= 0.6 is 0 Å². The predicted molar refractivity (Wildman–Crippen MR) is 137 cm³/mol. The number of carboxylic acid groups (broad SMARTS) is 1. The van der Waals surface area contributed by atoms with Crippen molar-refractivity contribution in [2.45, 2.75) is 31.0 Å². The molecule has 0 radical (unpaired) electrons. The number of aryl methyl sites for hydroxylation is 1. The molecule has 1 amide bonds. The molecule has 0 unspecified atom stereocenters. The summed E-state index contributed by atoms with van der Waals surface area (Å²) in [5, 5.41) is 7.12. The molecule has 38 heavy (non-hydrogen) atoms. The lowest BCUT2D eigenvalue weighted by molar-refractivity contribution is -0.192. The molecule has 1 aliphatic rings. The number of benzene rings is 3. The molecule has 1 aliphatic heterocycles. The number of ether oxygens (including phenoxy) is 1. The van der Waals surface area contributed by atoms with Crippen LogP contribution in [-0.2, 0) is 21.5 Å². The summed E-state index contributed by atoms with van der Waals surface area (Å²) in [7, 11) is 1.67. The zero-order valence-corrected chi connectivity index (χ0v) is 20.7. The highest BCUT2D eigenvalue weighted by atomic mass is 19.4. The van der Waals surface area contributed by atoms with Gasteiger partial charge in [-0.1, -0.05) is 72.8 Å². The van der Waals surface area contributed by atoms with Gasteiger partial charge in [0.25, 0.3) is 5.91 Å². The van der Waals surface area contributed by atoms with Crippen molar-refractivity contribution in [3.05, 3.63) is 102 Å². The minimum atomic E-state index is -5.08. The Balaban J connectivity index is 0.000000505. The number of alkyl halides is 3. The Morgan fingerprint density at radius 3 is 1.89 bits per heavy atom. The summed E-state index contributed by atoms with van der Waals surface area (Å²) < 4.78 is 36.9. The standard InChI is InChI=1S/C26H27N3O2.C2HF3O2/c1-31-23-17-15-20(16-18-23)10-8-9-19-29-24(30)26(28-25(29)27,21-11-4-2-5-12-21)22-13-6-3-7-14-22;3-2(4,5)1(6)7/h2-7,11-18H,8-10,19H2,1H3,(H2,27,28);(H,6,7). The predicted octanol–water partition coefficient (Wildman–Crippen LogP) is 4.75. The molecule has 0 atom stereocenters. The fraction of sp³-hybridized carbons (Fsp3) is 0.250. The summed E-state index contributed by atoms with van der Waals surface area (Å²) in [5.74, 6) is -1.71. The number of carboxylic acids is 1. The normalized spacial score (nSPS) is 14.4. The third-order valence-corrected chi connectivity index (χ3v) is 6.00. The van der Waals surface area contributed by atoms with E-state index in [0.29, 0.717) is 6.54 Å². The molecule has 0 aliphatic carbocycles. The lowest BCUT2D eigenvalue weighted by Crippen LogP contribution is -2.44. The topological polar surface area (TPSA) is 105 Å². The van der Waals surface area contributed by atoms with E-state index in [4.69, 9.17) is 25.4 Å².